The van der Waals surface area contributed by atoms with E-state index in [0.717, 1.165) is 16.7 Å². The van der Waals surface area contributed by atoms with Gasteiger partial charge in [-0.3, -0.25) is 0 Å². The van der Waals surface area contributed by atoms with Crippen LogP contribution in [0.1, 0.15) is 23.6 Å². The Kier molecular flexibility index (Phi) is 9.10. The fraction of sp³-hybridized carbons (Fsp3) is 0.0526. The largest absolute Gasteiger partial charge is 0.456 e. The number of hydrogen-bond donors (Lipinski definition) is 3. The number of nitrogens with two attached hydrogens (primary N) is 3. The predicted octanol–water partition coefficient (Wildman–Crippen LogP) is 11.1. The SMILES string of the molecule is CC(c1ccc(Oc2cc(N)ccc2Cl)cc1)(c1ccc(Oc2cc(N)ccc2Cl)cc1)c1ccc(Oc2cc(N)ccc2Cl)cc1. The summed E-state index contributed by atoms with van der Waals surface area (Å²) >= 11 is 19.0. The van der Waals surface area contributed by atoms with E-state index in [4.69, 9.17) is 66.2 Å². The summed E-state index contributed by atoms with van der Waals surface area (Å²) in [6.45, 7) is 2.16. The molecule has 6 aromatic carbocycles. The van der Waals surface area contributed by atoms with Crippen LogP contribution in [0.25, 0.3) is 0 Å². The highest BCUT2D eigenvalue weighted by molar-refractivity contribution is 6.32. The minimum Gasteiger partial charge on any atom is -0.456 e. The van der Waals surface area contributed by atoms with E-state index in [2.05, 4.69) is 6.92 Å². The van der Waals surface area contributed by atoms with Gasteiger partial charge in [-0.1, -0.05) is 71.2 Å². The van der Waals surface area contributed by atoms with Crippen molar-refractivity contribution < 1.29 is 14.2 Å². The van der Waals surface area contributed by atoms with E-state index in [-0.39, 0.29) is 0 Å². The Morgan fingerprint density at radius 2 is 0.660 bits per heavy atom. The highest BCUT2D eigenvalue weighted by Crippen LogP contribution is 2.42. The van der Waals surface area contributed by atoms with Gasteiger partial charge in [0.15, 0.2) is 0 Å². The summed E-state index contributed by atoms with van der Waals surface area (Å²) in [5.74, 6) is 3.30. The van der Waals surface area contributed by atoms with Crippen LogP contribution in [0.2, 0.25) is 15.1 Å². The van der Waals surface area contributed by atoms with Gasteiger partial charge in [0.05, 0.1) is 15.1 Å². The second-order valence-electron chi connectivity index (χ2n) is 11.1. The summed E-state index contributed by atoms with van der Waals surface area (Å²) in [5, 5.41) is 1.41. The van der Waals surface area contributed by atoms with Crippen molar-refractivity contribution in [1.82, 2.24) is 0 Å². The minimum atomic E-state index is -0.603. The fourth-order valence-corrected chi connectivity index (χ4v) is 5.71. The highest BCUT2D eigenvalue weighted by Gasteiger charge is 2.31. The van der Waals surface area contributed by atoms with Crippen LogP contribution in [0.4, 0.5) is 17.1 Å². The quantitative estimate of drug-likeness (QED) is 0.103. The summed E-state index contributed by atoms with van der Waals surface area (Å²) in [6.07, 6.45) is 0. The summed E-state index contributed by atoms with van der Waals surface area (Å²) in [7, 11) is 0. The number of ether oxygens (including phenoxy) is 3. The van der Waals surface area contributed by atoms with E-state index in [1.807, 2.05) is 72.8 Å². The summed E-state index contributed by atoms with van der Waals surface area (Å²) < 4.78 is 18.2. The molecule has 0 unspecified atom stereocenters. The molecule has 0 aromatic heterocycles. The van der Waals surface area contributed by atoms with Crippen molar-refractivity contribution in [3.8, 4) is 34.5 Å². The number of rotatable bonds is 9. The molecule has 0 fully saturated rings. The van der Waals surface area contributed by atoms with E-state index in [9.17, 15) is 0 Å². The molecule has 0 saturated heterocycles. The normalized spacial score (nSPS) is 11.2. The molecule has 0 spiro atoms. The molecule has 0 heterocycles. The first-order chi connectivity index (χ1) is 22.6. The Labute approximate surface area is 288 Å². The molecule has 0 aliphatic rings. The Hall–Kier alpha value is -5.01. The number of nitrogen functional groups attached to an aromatic ring is 3. The van der Waals surface area contributed by atoms with Crippen molar-refractivity contribution in [3.05, 3.63) is 159 Å². The zero-order valence-electron chi connectivity index (χ0n) is 25.2. The van der Waals surface area contributed by atoms with Crippen LogP contribution in [0.3, 0.4) is 0 Å². The van der Waals surface area contributed by atoms with Gasteiger partial charge in [0.2, 0.25) is 0 Å². The molecule has 6 aromatic rings. The topological polar surface area (TPSA) is 106 Å². The average Bonchev–Trinajstić information content (AvgIpc) is 3.07. The third-order valence-corrected chi connectivity index (χ3v) is 8.78. The van der Waals surface area contributed by atoms with E-state index in [1.54, 1.807) is 54.6 Å². The standard InChI is InChI=1S/C38H30Cl3N3O3/c1-38(23-2-11-29(12-3-23)45-35-20-26(42)8-17-32(35)39,24-4-13-30(14-5-24)46-36-21-27(43)9-18-33(36)40)25-6-15-31(16-7-25)47-37-22-28(44)10-19-34(37)41/h2-22H,42-44H2,1H3. The third-order valence-electron chi connectivity index (χ3n) is 7.84. The zero-order chi connectivity index (χ0) is 33.1. The summed E-state index contributed by atoms with van der Waals surface area (Å²) in [6, 6.07) is 39.0. The van der Waals surface area contributed by atoms with Crippen molar-refractivity contribution >= 4 is 51.9 Å². The molecule has 0 aliphatic carbocycles. The third kappa shape index (κ3) is 7.05. The van der Waals surface area contributed by atoms with Crippen molar-refractivity contribution in [2.45, 2.75) is 12.3 Å². The predicted molar refractivity (Wildman–Crippen MR) is 193 cm³/mol. The Morgan fingerprint density at radius 3 is 0.915 bits per heavy atom. The monoisotopic (exact) mass is 681 g/mol. The molecule has 0 radical (unpaired) electrons. The van der Waals surface area contributed by atoms with Crippen LogP contribution in [0.15, 0.2) is 127 Å². The van der Waals surface area contributed by atoms with Gasteiger partial charge in [0.1, 0.15) is 34.5 Å². The van der Waals surface area contributed by atoms with Crippen LogP contribution in [-0.2, 0) is 5.41 Å². The van der Waals surface area contributed by atoms with Crippen LogP contribution in [-0.4, -0.2) is 0 Å². The maximum absolute atomic E-state index is 6.34. The first-order valence-electron chi connectivity index (χ1n) is 14.6. The summed E-state index contributed by atoms with van der Waals surface area (Å²) in [5.41, 5.74) is 22.0. The van der Waals surface area contributed by atoms with Crippen LogP contribution in [0, 0.1) is 0 Å². The Bertz CT molecular complexity index is 1800. The lowest BCUT2D eigenvalue weighted by molar-refractivity contribution is 0.481. The second-order valence-corrected chi connectivity index (χ2v) is 12.3. The first-order valence-corrected chi connectivity index (χ1v) is 15.7. The van der Waals surface area contributed by atoms with E-state index < -0.39 is 5.41 Å². The maximum Gasteiger partial charge on any atom is 0.148 e. The van der Waals surface area contributed by atoms with Crippen molar-refractivity contribution in [2.24, 2.45) is 0 Å². The minimum absolute atomic E-state index is 0.469. The van der Waals surface area contributed by atoms with E-state index in [0.29, 0.717) is 66.6 Å². The summed E-state index contributed by atoms with van der Waals surface area (Å²) in [4.78, 5) is 0. The number of hydrogen-bond acceptors (Lipinski definition) is 6. The van der Waals surface area contributed by atoms with Gasteiger partial charge in [-0.25, -0.2) is 0 Å². The number of anilines is 3. The molecule has 236 valence electrons. The van der Waals surface area contributed by atoms with Gasteiger partial charge in [0.25, 0.3) is 0 Å². The molecule has 0 amide bonds. The van der Waals surface area contributed by atoms with Gasteiger partial charge in [0, 0.05) is 40.7 Å². The Morgan fingerprint density at radius 1 is 0.404 bits per heavy atom. The van der Waals surface area contributed by atoms with Gasteiger partial charge in [-0.05, 0) is 96.4 Å². The van der Waals surface area contributed by atoms with Gasteiger partial charge >= 0.3 is 0 Å². The smallest absolute Gasteiger partial charge is 0.148 e. The van der Waals surface area contributed by atoms with Gasteiger partial charge < -0.3 is 31.4 Å². The molecule has 0 aliphatic heterocycles. The van der Waals surface area contributed by atoms with Gasteiger partial charge in [-0.15, -0.1) is 0 Å². The lowest BCUT2D eigenvalue weighted by Crippen LogP contribution is -2.25. The van der Waals surface area contributed by atoms with Crippen LogP contribution < -0.4 is 31.4 Å². The van der Waals surface area contributed by atoms with Crippen molar-refractivity contribution in [2.75, 3.05) is 17.2 Å². The molecule has 9 heteroatoms. The molecular formula is C38H30Cl3N3O3. The lowest BCUT2D eigenvalue weighted by Gasteiger charge is -2.32. The molecular weight excluding hydrogens is 653 g/mol. The van der Waals surface area contributed by atoms with Crippen molar-refractivity contribution in [3.63, 3.8) is 0 Å². The molecule has 0 atom stereocenters. The first kappa shape index (κ1) is 32.0. The fourth-order valence-electron chi connectivity index (χ4n) is 5.24. The molecule has 6 N–H and O–H groups in total. The molecule has 47 heavy (non-hydrogen) atoms. The number of halogens is 3. The maximum atomic E-state index is 6.34. The highest BCUT2D eigenvalue weighted by atomic mass is 35.5. The van der Waals surface area contributed by atoms with Crippen molar-refractivity contribution in [1.29, 1.82) is 0 Å². The second kappa shape index (κ2) is 13.4. The van der Waals surface area contributed by atoms with E-state index >= 15 is 0 Å². The number of benzene rings is 6. The van der Waals surface area contributed by atoms with E-state index in [1.165, 1.54) is 0 Å². The van der Waals surface area contributed by atoms with Gasteiger partial charge in [-0.2, -0.15) is 0 Å². The zero-order valence-corrected chi connectivity index (χ0v) is 27.5. The lowest BCUT2D eigenvalue weighted by atomic mass is 9.71. The molecule has 0 saturated carbocycles. The molecule has 0 bridgehead atoms. The molecule has 6 rings (SSSR count). The van der Waals surface area contributed by atoms with Crippen LogP contribution in [0.5, 0.6) is 34.5 Å². The Balaban J connectivity index is 1.34. The molecule has 6 nitrogen and oxygen atoms in total. The average molecular weight is 683 g/mol. The van der Waals surface area contributed by atoms with Crippen LogP contribution >= 0.6 is 34.8 Å².